The van der Waals surface area contributed by atoms with Crippen molar-refractivity contribution in [3.05, 3.63) is 48.0 Å². The highest BCUT2D eigenvalue weighted by Gasteiger charge is 2.35. The first-order chi connectivity index (χ1) is 12.9. The fourth-order valence-electron chi connectivity index (χ4n) is 4.69. The monoisotopic (exact) mass is 376 g/mol. The van der Waals surface area contributed by atoms with E-state index in [9.17, 15) is 8.78 Å². The highest BCUT2D eigenvalue weighted by atomic mass is 19.3. The maximum Gasteiger partial charge on any atom is 0.356 e. The Morgan fingerprint density at radius 1 is 1.00 bits per heavy atom. The van der Waals surface area contributed by atoms with Crippen molar-refractivity contribution in [2.75, 3.05) is 0 Å². The Kier molecular flexibility index (Phi) is 7.08. The summed E-state index contributed by atoms with van der Waals surface area (Å²) < 4.78 is 33.5. The second kappa shape index (κ2) is 9.32. The minimum Gasteiger partial charge on any atom is -0.316 e. The van der Waals surface area contributed by atoms with Gasteiger partial charge in [-0.25, -0.2) is 0 Å². The van der Waals surface area contributed by atoms with Gasteiger partial charge in [0.05, 0.1) is 6.61 Å². The lowest BCUT2D eigenvalue weighted by atomic mass is 9.79. The van der Waals surface area contributed by atoms with E-state index in [2.05, 4.69) is 25.6 Å². The van der Waals surface area contributed by atoms with Crippen molar-refractivity contribution < 1.29 is 13.5 Å². The summed E-state index contributed by atoms with van der Waals surface area (Å²) in [6.45, 7) is 6.12. The SMILES string of the molecule is C=C[C@H]1CC[C@H](CC(F)(F)OCc2ccc([C@H]3CC[C@H](C)CC3)cc2)CC1. The van der Waals surface area contributed by atoms with Gasteiger partial charge in [-0.1, -0.05) is 50.1 Å². The minimum absolute atomic E-state index is 0.0169. The van der Waals surface area contributed by atoms with Gasteiger partial charge in [-0.05, 0) is 73.3 Å². The number of hydrogen-bond donors (Lipinski definition) is 0. The molecule has 2 aliphatic carbocycles. The molecule has 1 aromatic carbocycles. The molecule has 2 saturated carbocycles. The summed E-state index contributed by atoms with van der Waals surface area (Å²) in [6, 6.07) is 8.12. The van der Waals surface area contributed by atoms with Gasteiger partial charge in [0.2, 0.25) is 0 Å². The lowest BCUT2D eigenvalue weighted by molar-refractivity contribution is -0.256. The average molecular weight is 377 g/mol. The number of allylic oxidation sites excluding steroid dienone is 1. The van der Waals surface area contributed by atoms with Crippen LogP contribution in [0.4, 0.5) is 8.78 Å². The Morgan fingerprint density at radius 2 is 1.63 bits per heavy atom. The van der Waals surface area contributed by atoms with Gasteiger partial charge < -0.3 is 4.74 Å². The molecule has 3 rings (SSSR count). The van der Waals surface area contributed by atoms with Crippen LogP contribution < -0.4 is 0 Å². The van der Waals surface area contributed by atoms with Gasteiger partial charge in [-0.2, -0.15) is 8.78 Å². The fraction of sp³-hybridized carbons (Fsp3) is 0.667. The first-order valence-electron chi connectivity index (χ1n) is 10.7. The Bertz CT molecular complexity index is 579. The zero-order valence-corrected chi connectivity index (χ0v) is 16.6. The first-order valence-corrected chi connectivity index (χ1v) is 10.7. The third-order valence-corrected chi connectivity index (χ3v) is 6.67. The average Bonchev–Trinajstić information content (AvgIpc) is 2.68. The molecule has 1 aromatic rings. The van der Waals surface area contributed by atoms with Crippen molar-refractivity contribution in [1.82, 2.24) is 0 Å². The molecule has 0 unspecified atom stereocenters. The van der Waals surface area contributed by atoms with E-state index >= 15 is 0 Å². The quantitative estimate of drug-likeness (QED) is 0.448. The number of hydrogen-bond acceptors (Lipinski definition) is 1. The molecule has 0 aliphatic heterocycles. The van der Waals surface area contributed by atoms with Crippen molar-refractivity contribution in [2.24, 2.45) is 17.8 Å². The number of halogens is 2. The van der Waals surface area contributed by atoms with Gasteiger partial charge in [0.1, 0.15) is 0 Å². The molecule has 0 aromatic heterocycles. The second-order valence-electron chi connectivity index (χ2n) is 8.85. The number of rotatable bonds is 7. The van der Waals surface area contributed by atoms with Gasteiger partial charge in [0.25, 0.3) is 0 Å². The Balaban J connectivity index is 1.45. The molecule has 0 amide bonds. The van der Waals surface area contributed by atoms with E-state index in [1.807, 2.05) is 18.2 Å². The summed E-state index contributed by atoms with van der Waals surface area (Å²) >= 11 is 0. The Morgan fingerprint density at radius 3 is 2.22 bits per heavy atom. The molecule has 1 nitrogen and oxygen atoms in total. The molecule has 0 heterocycles. The van der Waals surface area contributed by atoms with Crippen molar-refractivity contribution >= 4 is 0 Å². The maximum atomic E-state index is 14.2. The molecule has 3 heteroatoms. The van der Waals surface area contributed by atoms with E-state index in [1.165, 1.54) is 31.2 Å². The zero-order valence-electron chi connectivity index (χ0n) is 16.6. The van der Waals surface area contributed by atoms with Gasteiger partial charge in [-0.3, -0.25) is 0 Å². The van der Waals surface area contributed by atoms with Crippen molar-refractivity contribution in [2.45, 2.75) is 83.3 Å². The molecule has 2 aliphatic rings. The minimum atomic E-state index is -3.04. The molecular formula is C24H34F2O. The van der Waals surface area contributed by atoms with Crippen LogP contribution in [0.3, 0.4) is 0 Å². The first kappa shape index (κ1) is 20.5. The van der Waals surface area contributed by atoms with E-state index in [-0.39, 0.29) is 18.9 Å². The zero-order chi connectivity index (χ0) is 19.3. The molecule has 0 spiro atoms. The van der Waals surface area contributed by atoms with Crippen LogP contribution in [0.5, 0.6) is 0 Å². The van der Waals surface area contributed by atoms with E-state index in [1.54, 1.807) is 0 Å². The lowest BCUT2D eigenvalue weighted by Crippen LogP contribution is -2.26. The third kappa shape index (κ3) is 6.14. The molecule has 0 N–H and O–H groups in total. The van der Waals surface area contributed by atoms with Crippen LogP contribution in [-0.2, 0) is 11.3 Å². The molecule has 2 fully saturated rings. The smallest absolute Gasteiger partial charge is 0.316 e. The predicted molar refractivity (Wildman–Crippen MR) is 107 cm³/mol. The van der Waals surface area contributed by atoms with Crippen LogP contribution >= 0.6 is 0 Å². The van der Waals surface area contributed by atoms with Gasteiger partial charge >= 0.3 is 6.11 Å². The van der Waals surface area contributed by atoms with E-state index in [0.29, 0.717) is 11.8 Å². The second-order valence-corrected chi connectivity index (χ2v) is 8.85. The normalized spacial score (nSPS) is 29.4. The maximum absolute atomic E-state index is 14.2. The summed E-state index contributed by atoms with van der Waals surface area (Å²) in [5, 5.41) is 0. The summed E-state index contributed by atoms with van der Waals surface area (Å²) in [6.07, 6.45) is 7.48. The molecule has 0 atom stereocenters. The van der Waals surface area contributed by atoms with Gasteiger partial charge in [0.15, 0.2) is 0 Å². The lowest BCUT2D eigenvalue weighted by Gasteiger charge is -2.29. The summed E-state index contributed by atoms with van der Waals surface area (Å²) in [7, 11) is 0. The predicted octanol–water partition coefficient (Wildman–Crippen LogP) is 7.47. The molecule has 0 radical (unpaired) electrons. The summed E-state index contributed by atoms with van der Waals surface area (Å²) in [5.74, 6) is 2.03. The van der Waals surface area contributed by atoms with Crippen LogP contribution in [0.25, 0.3) is 0 Å². The number of ether oxygens (including phenoxy) is 1. The van der Waals surface area contributed by atoms with Crippen LogP contribution in [0.2, 0.25) is 0 Å². The van der Waals surface area contributed by atoms with Crippen LogP contribution in [0.1, 0.15) is 81.8 Å². The van der Waals surface area contributed by atoms with E-state index in [4.69, 9.17) is 4.74 Å². The van der Waals surface area contributed by atoms with Crippen LogP contribution in [0, 0.1) is 17.8 Å². The summed E-state index contributed by atoms with van der Waals surface area (Å²) in [4.78, 5) is 0. The molecular weight excluding hydrogens is 342 g/mol. The number of benzene rings is 1. The molecule has 27 heavy (non-hydrogen) atoms. The van der Waals surface area contributed by atoms with Crippen LogP contribution in [0.15, 0.2) is 36.9 Å². The fourth-order valence-corrected chi connectivity index (χ4v) is 4.69. The van der Waals surface area contributed by atoms with Gasteiger partial charge in [0, 0.05) is 6.42 Å². The molecule has 0 saturated heterocycles. The molecule has 0 bridgehead atoms. The van der Waals surface area contributed by atoms with E-state index in [0.717, 1.165) is 37.2 Å². The Hall–Kier alpha value is -1.22. The third-order valence-electron chi connectivity index (χ3n) is 6.67. The van der Waals surface area contributed by atoms with Crippen molar-refractivity contribution in [3.63, 3.8) is 0 Å². The highest BCUT2D eigenvalue weighted by Crippen LogP contribution is 2.38. The van der Waals surface area contributed by atoms with Crippen LogP contribution in [-0.4, -0.2) is 6.11 Å². The van der Waals surface area contributed by atoms with Crippen molar-refractivity contribution in [1.29, 1.82) is 0 Å². The van der Waals surface area contributed by atoms with Crippen molar-refractivity contribution in [3.8, 4) is 0 Å². The van der Waals surface area contributed by atoms with Gasteiger partial charge in [-0.15, -0.1) is 6.58 Å². The highest BCUT2D eigenvalue weighted by molar-refractivity contribution is 5.25. The standard InChI is InChI=1S/C24H34F2O/c1-3-19-6-8-20(9-7-19)16-24(25,26)27-17-21-10-14-23(15-11-21)22-12-4-18(2)5-13-22/h3,10-11,14-15,18-20,22H,1,4-9,12-13,16-17H2,2H3/t18-,19-,20-,22-. The Labute approximate surface area is 163 Å². The largest absolute Gasteiger partial charge is 0.356 e. The summed E-state index contributed by atoms with van der Waals surface area (Å²) in [5.41, 5.74) is 2.18. The topological polar surface area (TPSA) is 9.23 Å². The molecule has 150 valence electrons. The van der Waals surface area contributed by atoms with E-state index < -0.39 is 6.11 Å². The number of alkyl halides is 2.